The Hall–Kier alpha value is -2.38. The van der Waals surface area contributed by atoms with Gasteiger partial charge < -0.3 is 73.4 Å². The molecule has 4 rings (SSSR count). The van der Waals surface area contributed by atoms with Crippen LogP contribution in [0.25, 0.3) is 0 Å². The molecule has 1 radical (unpaired) electrons. The summed E-state index contributed by atoms with van der Waals surface area (Å²) in [5, 5.41) is 0. The second-order valence-electron chi connectivity index (χ2n) is 6.15. The van der Waals surface area contributed by atoms with Crippen LogP contribution in [0.15, 0.2) is 117 Å². The van der Waals surface area contributed by atoms with E-state index in [1.807, 2.05) is 72.8 Å². The SMILES string of the molecule is Nc1ccccc1[S-].Nc1ccccc1[S-].Nc1ccccc1[S-].Nc1ccccc1[S-].[Re+4]. The monoisotopic (exact) mass is 683 g/mol. The molecule has 9 heteroatoms. The van der Waals surface area contributed by atoms with Crippen LogP contribution in [0.4, 0.5) is 22.7 Å². The standard InChI is InChI=1S/4C6H7NS.Re/c4*7-5-3-1-2-4-6(5)8;/h4*1-4,8H,7H2;/q;;;;+4/p-4. The minimum absolute atomic E-state index is 0. The molecule has 33 heavy (non-hydrogen) atoms. The van der Waals surface area contributed by atoms with Gasteiger partial charge in [0, 0.05) is 22.7 Å². The molecule has 0 aliphatic heterocycles. The van der Waals surface area contributed by atoms with Gasteiger partial charge in [-0.1, -0.05) is 72.8 Å². The van der Waals surface area contributed by atoms with Crippen molar-refractivity contribution in [2.75, 3.05) is 22.9 Å². The van der Waals surface area contributed by atoms with Crippen molar-refractivity contribution < 1.29 is 20.4 Å². The van der Waals surface area contributed by atoms with E-state index in [1.165, 1.54) is 0 Å². The number of anilines is 4. The van der Waals surface area contributed by atoms with Gasteiger partial charge in [-0.05, 0) is 24.3 Å². The van der Waals surface area contributed by atoms with Crippen LogP contribution in [0.3, 0.4) is 0 Å². The number of nitrogens with two attached hydrogens (primary N) is 4. The summed E-state index contributed by atoms with van der Waals surface area (Å²) < 4.78 is 0. The molecule has 0 unspecified atom stereocenters. The molecule has 0 aromatic heterocycles. The Morgan fingerprint density at radius 2 is 0.485 bits per heavy atom. The first kappa shape index (κ1) is 30.6. The second-order valence-corrected chi connectivity index (χ2v) is 7.91. The van der Waals surface area contributed by atoms with E-state index in [0.29, 0.717) is 22.7 Å². The van der Waals surface area contributed by atoms with E-state index in [1.54, 1.807) is 24.3 Å². The summed E-state index contributed by atoms with van der Waals surface area (Å²) in [6, 6.07) is 29.4. The molecule has 0 saturated carbocycles. The second kappa shape index (κ2) is 17.1. The molecule has 0 bridgehead atoms. The Balaban J connectivity index is 0.000000410. The summed E-state index contributed by atoms with van der Waals surface area (Å²) in [5.74, 6) is 0. The van der Waals surface area contributed by atoms with Crippen molar-refractivity contribution in [3.8, 4) is 0 Å². The fourth-order valence-electron chi connectivity index (χ4n) is 1.92. The Morgan fingerprint density at radius 3 is 0.576 bits per heavy atom. The Bertz CT molecular complexity index is 839. The van der Waals surface area contributed by atoms with E-state index in [0.717, 1.165) is 19.6 Å². The molecule has 4 nitrogen and oxygen atoms in total. The third kappa shape index (κ3) is 13.0. The van der Waals surface area contributed by atoms with Crippen LogP contribution in [0.5, 0.6) is 0 Å². The van der Waals surface area contributed by atoms with Gasteiger partial charge in [0.2, 0.25) is 0 Å². The van der Waals surface area contributed by atoms with E-state index in [-0.39, 0.29) is 20.4 Å². The quantitative estimate of drug-likeness (QED) is 0.157. The van der Waals surface area contributed by atoms with E-state index >= 15 is 0 Å². The third-order valence-corrected chi connectivity index (χ3v) is 5.16. The van der Waals surface area contributed by atoms with Crippen molar-refractivity contribution in [3.63, 3.8) is 0 Å². The molecular weight excluding hydrogens is 659 g/mol. The Kier molecular flexibility index (Phi) is 15.9. The molecular formula is C24H24N4ReS4. The summed E-state index contributed by atoms with van der Waals surface area (Å²) in [6.07, 6.45) is 0. The van der Waals surface area contributed by atoms with Gasteiger partial charge in [0.25, 0.3) is 0 Å². The van der Waals surface area contributed by atoms with Crippen molar-refractivity contribution in [2.45, 2.75) is 19.6 Å². The zero-order valence-electron chi connectivity index (χ0n) is 17.6. The van der Waals surface area contributed by atoms with Gasteiger partial charge >= 0.3 is 20.4 Å². The van der Waals surface area contributed by atoms with Crippen LogP contribution < -0.4 is 22.9 Å². The fraction of sp³-hybridized carbons (Fsp3) is 0. The van der Waals surface area contributed by atoms with Gasteiger partial charge in [-0.25, -0.2) is 0 Å². The first-order chi connectivity index (χ1) is 15.2. The van der Waals surface area contributed by atoms with Crippen LogP contribution in [0, 0.1) is 0 Å². The van der Waals surface area contributed by atoms with Crippen LogP contribution in [-0.2, 0) is 70.9 Å². The average molecular weight is 683 g/mol. The van der Waals surface area contributed by atoms with Gasteiger partial charge in [0.15, 0.2) is 0 Å². The van der Waals surface area contributed by atoms with Crippen LogP contribution in [-0.4, -0.2) is 0 Å². The van der Waals surface area contributed by atoms with Crippen LogP contribution in [0.1, 0.15) is 0 Å². The molecule has 0 aliphatic rings. The van der Waals surface area contributed by atoms with Gasteiger partial charge in [-0.2, -0.15) is 19.6 Å². The number of hydrogen-bond acceptors (Lipinski definition) is 8. The van der Waals surface area contributed by atoms with E-state index in [4.69, 9.17) is 73.4 Å². The molecule has 171 valence electrons. The summed E-state index contributed by atoms with van der Waals surface area (Å²) in [5.41, 5.74) is 24.4. The van der Waals surface area contributed by atoms with Gasteiger partial charge in [-0.3, -0.25) is 0 Å². The van der Waals surface area contributed by atoms with Crippen molar-refractivity contribution >= 4 is 73.3 Å². The summed E-state index contributed by atoms with van der Waals surface area (Å²) in [7, 11) is 0. The molecule has 0 amide bonds. The minimum Gasteiger partial charge on any atom is -0.778 e. The topological polar surface area (TPSA) is 104 Å². The maximum Gasteiger partial charge on any atom is 4.00 e. The first-order valence-electron chi connectivity index (χ1n) is 9.28. The minimum atomic E-state index is 0. The fourth-order valence-corrected chi connectivity index (χ4v) is 2.51. The van der Waals surface area contributed by atoms with E-state index < -0.39 is 0 Å². The van der Waals surface area contributed by atoms with Crippen molar-refractivity contribution in [2.24, 2.45) is 0 Å². The van der Waals surface area contributed by atoms with Gasteiger partial charge in [-0.15, -0.1) is 0 Å². The molecule has 0 saturated heterocycles. The Labute approximate surface area is 231 Å². The molecule has 4 aromatic rings. The molecule has 4 aromatic carbocycles. The number of hydrogen-bond donors (Lipinski definition) is 4. The summed E-state index contributed by atoms with van der Waals surface area (Å²) in [4.78, 5) is 2.92. The maximum absolute atomic E-state index is 5.42. The summed E-state index contributed by atoms with van der Waals surface area (Å²) >= 11 is 19.3. The molecule has 8 N–H and O–H groups in total. The molecule has 0 atom stereocenters. The molecule has 0 fully saturated rings. The smallest absolute Gasteiger partial charge is 0.778 e. The largest absolute Gasteiger partial charge is 4.00 e. The van der Waals surface area contributed by atoms with Gasteiger partial charge in [0.05, 0.1) is 0 Å². The summed E-state index contributed by atoms with van der Waals surface area (Å²) in [6.45, 7) is 0. The first-order valence-corrected chi connectivity index (χ1v) is 10.9. The zero-order chi connectivity index (χ0) is 23.9. The number of benzene rings is 4. The zero-order valence-corrected chi connectivity index (χ0v) is 23.5. The normalized spacial score (nSPS) is 8.73. The van der Waals surface area contributed by atoms with Crippen LogP contribution in [0.2, 0.25) is 0 Å². The Morgan fingerprint density at radius 1 is 0.333 bits per heavy atom. The van der Waals surface area contributed by atoms with Crippen molar-refractivity contribution in [3.05, 3.63) is 97.1 Å². The number of rotatable bonds is 0. The predicted molar refractivity (Wildman–Crippen MR) is 146 cm³/mol. The van der Waals surface area contributed by atoms with E-state index in [2.05, 4.69) is 0 Å². The number of para-hydroxylation sites is 4. The van der Waals surface area contributed by atoms with Crippen molar-refractivity contribution in [1.82, 2.24) is 0 Å². The van der Waals surface area contributed by atoms with Gasteiger partial charge in [0.1, 0.15) is 0 Å². The maximum atomic E-state index is 5.42. The van der Waals surface area contributed by atoms with E-state index in [9.17, 15) is 0 Å². The average Bonchev–Trinajstić information content (AvgIpc) is 2.78. The van der Waals surface area contributed by atoms with Crippen molar-refractivity contribution in [1.29, 1.82) is 0 Å². The van der Waals surface area contributed by atoms with Crippen LogP contribution >= 0.6 is 0 Å². The molecule has 0 heterocycles. The number of nitrogen functional groups attached to an aromatic ring is 4. The predicted octanol–water partition coefficient (Wildman–Crippen LogP) is 4.70. The molecule has 0 aliphatic carbocycles. The third-order valence-electron chi connectivity index (χ3n) is 3.68. The molecule has 0 spiro atoms.